The van der Waals surface area contributed by atoms with Crippen molar-refractivity contribution >= 4 is 11.9 Å². The lowest BCUT2D eigenvalue weighted by Gasteiger charge is -2.04. The number of allylic oxidation sites excluding steroid dienone is 5. The van der Waals surface area contributed by atoms with E-state index in [2.05, 4.69) is 51.3 Å². The molecule has 0 saturated heterocycles. The van der Waals surface area contributed by atoms with Gasteiger partial charge in [-0.15, -0.1) is 6.58 Å². The van der Waals surface area contributed by atoms with E-state index >= 15 is 0 Å². The van der Waals surface area contributed by atoms with E-state index in [-0.39, 0.29) is 11.9 Å². The summed E-state index contributed by atoms with van der Waals surface area (Å²) in [5.74, 6) is -0.116. The maximum Gasteiger partial charge on any atom is 0.306 e. The summed E-state index contributed by atoms with van der Waals surface area (Å²) in [6.07, 6.45) is 43.0. The summed E-state index contributed by atoms with van der Waals surface area (Å²) in [7, 11) is 0. The first kappa shape index (κ1) is 33.3. The van der Waals surface area contributed by atoms with Crippen molar-refractivity contribution in [3.05, 3.63) is 49.6 Å². The van der Waals surface area contributed by atoms with Crippen molar-refractivity contribution in [2.75, 3.05) is 13.2 Å². The minimum atomic E-state index is -0.110. The highest BCUT2D eigenvalue weighted by Gasteiger charge is 2.02. The second kappa shape index (κ2) is 40.9. The molecule has 0 aliphatic carbocycles. The first-order valence-electron chi connectivity index (χ1n) is 24.4. The van der Waals surface area contributed by atoms with Crippen LogP contribution < -0.4 is 0 Å². The maximum atomic E-state index is 11.7. The summed E-state index contributed by atoms with van der Waals surface area (Å²) in [6, 6.07) is 0. The van der Waals surface area contributed by atoms with E-state index < -0.39 is 0 Å². The van der Waals surface area contributed by atoms with Gasteiger partial charge in [0.1, 0.15) is 6.61 Å². The molecular formula is C40H84O4. The van der Waals surface area contributed by atoms with Crippen LogP contribution in [0.4, 0.5) is 0 Å². The van der Waals surface area contributed by atoms with Gasteiger partial charge in [-0.25, -0.2) is 0 Å². The lowest BCUT2D eigenvalue weighted by atomic mass is 10.1. The Morgan fingerprint density at radius 1 is 0.523 bits per heavy atom. The van der Waals surface area contributed by atoms with Gasteiger partial charge in [0.15, 0.2) is 0 Å². The van der Waals surface area contributed by atoms with E-state index in [1.807, 2.05) is 6.08 Å². The number of carbonyl (C=O) groups excluding carboxylic acids is 2. The monoisotopic (exact) mass is 641 g/mol. The van der Waals surface area contributed by atoms with Gasteiger partial charge < -0.3 is 9.47 Å². The number of hydrogen-bond donors (Lipinski definition) is 0. The Balaban J connectivity index is -0.000000119. The molecule has 268 valence electrons. The van der Waals surface area contributed by atoms with Crippen LogP contribution in [0.25, 0.3) is 0 Å². The summed E-state index contributed by atoms with van der Waals surface area (Å²) in [4.78, 5) is 22.8. The van der Waals surface area contributed by atoms with Gasteiger partial charge >= 0.3 is 11.9 Å². The Morgan fingerprint density at radius 3 is 1.45 bits per heavy atom. The molecule has 0 atom stereocenters. The molecule has 0 fully saturated rings. The Hall–Kier alpha value is -2.10. The fourth-order valence-corrected chi connectivity index (χ4v) is 4.74. The molecule has 0 spiro atoms. The molecule has 0 aromatic carbocycles. The fourth-order valence-electron chi connectivity index (χ4n) is 4.74. The quantitative estimate of drug-likeness (QED) is 0.0417. The van der Waals surface area contributed by atoms with Gasteiger partial charge in [0.25, 0.3) is 0 Å². The third-order valence-electron chi connectivity index (χ3n) is 7.47. The van der Waals surface area contributed by atoms with Crippen LogP contribution in [0.15, 0.2) is 49.6 Å². The summed E-state index contributed by atoms with van der Waals surface area (Å²) in [5, 5.41) is 0. The molecule has 0 amide bonds. The highest BCUT2D eigenvalue weighted by molar-refractivity contribution is 5.69. The zero-order valence-electron chi connectivity index (χ0n) is 41.3. The normalized spacial score (nSPS) is 12.0. The minimum Gasteiger partial charge on any atom is -0.466 e. The van der Waals surface area contributed by atoms with Crippen LogP contribution in [0.5, 0.6) is 0 Å². The number of rotatable bonds is 32. The van der Waals surface area contributed by atoms with Gasteiger partial charge in [0.05, 0.1) is 6.61 Å². The molecule has 0 saturated carbocycles. The van der Waals surface area contributed by atoms with E-state index in [0.29, 0.717) is 26.1 Å². The third kappa shape index (κ3) is 42.0. The molecule has 0 N–H and O–H groups in total. The van der Waals surface area contributed by atoms with Crippen molar-refractivity contribution < 1.29 is 36.9 Å². The second-order valence-electron chi connectivity index (χ2n) is 11.9. The summed E-state index contributed by atoms with van der Waals surface area (Å²) in [6.45, 7) is 12.5. The zero-order valence-corrected chi connectivity index (χ0v) is 29.3. The number of unbranched alkanes of at least 4 members (excludes halogenated alkanes) is 19. The molecule has 0 aromatic rings. The van der Waals surface area contributed by atoms with Gasteiger partial charge in [-0.1, -0.05) is 128 Å². The molecule has 0 heterocycles. The summed E-state index contributed by atoms with van der Waals surface area (Å²) in [5.41, 5.74) is 0. The van der Waals surface area contributed by atoms with Crippen LogP contribution in [-0.2, 0) is 19.1 Å². The van der Waals surface area contributed by atoms with Crippen LogP contribution in [0.1, 0.15) is 199 Å². The molecule has 0 bridgehead atoms. The van der Waals surface area contributed by atoms with Gasteiger partial charge in [-0.05, 0) is 83.5 Å². The smallest absolute Gasteiger partial charge is 0.306 e. The van der Waals surface area contributed by atoms with Crippen molar-refractivity contribution in [3.63, 3.8) is 0 Å². The molecular weight excluding hydrogens is 544 g/mol. The predicted octanol–water partition coefficient (Wildman–Crippen LogP) is 14.2. The highest BCUT2D eigenvalue weighted by atomic mass is 16.5. The first-order valence-corrected chi connectivity index (χ1v) is 18.4. The zero-order chi connectivity index (χ0) is 44.6. The standard InChI is InChI=1S/C27H50O2.C13H22O2.6H2/c1-3-5-7-9-11-12-13-14-15-16-17-18-19-21-23-25-27(28)29-26-24-22-20-10-8-6-4-2;1-3-5-6-7-8-9-10-11-13(14)15-12-4-2;;;;;;/h6,8,14-15H,3-5,7,9-13,16-26H2,1-2H3;3-4H,1-2,5-12H2;6*1H/b8-6-,15-14-;;;;;;;/i;;6*1+1D. The molecule has 4 heteroatoms. The molecule has 0 aromatic heterocycles. The van der Waals surface area contributed by atoms with Gasteiger partial charge in [-0.2, -0.15) is 0 Å². The van der Waals surface area contributed by atoms with E-state index in [0.717, 1.165) is 57.8 Å². The van der Waals surface area contributed by atoms with Crippen LogP contribution in [0.3, 0.4) is 0 Å². The highest BCUT2D eigenvalue weighted by Crippen LogP contribution is 2.11. The molecule has 44 heavy (non-hydrogen) atoms. The van der Waals surface area contributed by atoms with Crippen molar-refractivity contribution in [1.82, 2.24) is 0 Å². The maximum absolute atomic E-state index is 11.7. The Bertz CT molecular complexity index is 721. The topological polar surface area (TPSA) is 52.6 Å². The van der Waals surface area contributed by atoms with Crippen molar-refractivity contribution in [2.45, 2.75) is 181 Å². The Kier molecular flexibility index (Phi) is 30.9. The molecule has 0 rings (SSSR count). The first-order chi connectivity index (χ1) is 27.6. The molecule has 0 aliphatic rings. The average molecular weight is 641 g/mol. The van der Waals surface area contributed by atoms with Crippen LogP contribution in [-0.4, -0.2) is 25.2 Å². The van der Waals surface area contributed by atoms with Crippen LogP contribution in [0, 0.1) is 0 Å². The minimum absolute atomic E-state index is 0.00601. The largest absolute Gasteiger partial charge is 0.466 e. The predicted molar refractivity (Wildman–Crippen MR) is 205 cm³/mol. The molecule has 4 nitrogen and oxygen atoms in total. The van der Waals surface area contributed by atoms with Crippen molar-refractivity contribution in [1.29, 1.82) is 0 Å². The third-order valence-corrected chi connectivity index (χ3v) is 7.47. The summed E-state index contributed by atoms with van der Waals surface area (Å²) >= 11 is 0. The Labute approximate surface area is 292 Å². The number of ether oxygens (including phenoxy) is 2. The van der Waals surface area contributed by atoms with Crippen LogP contribution in [0.2, 0.25) is 0 Å². The Morgan fingerprint density at radius 2 is 0.955 bits per heavy atom. The SMILES string of the molecule is C=CCCCCCCCC(=O)OCC=C.CC/C=C\CCCCCOC(=O)CCCCCCC/C=C\CCCCCCCC.[2H][2H].[2H][2H].[2H][2H].[2H][2H].[2H][2H].[2H][2H]. The summed E-state index contributed by atoms with van der Waals surface area (Å²) < 4.78 is 70.2. The fraction of sp³-hybridized carbons (Fsp3) is 0.750. The number of hydrogen-bond acceptors (Lipinski definition) is 4. The van der Waals surface area contributed by atoms with Crippen LogP contribution >= 0.6 is 0 Å². The van der Waals surface area contributed by atoms with E-state index in [4.69, 9.17) is 27.3 Å². The van der Waals surface area contributed by atoms with E-state index in [9.17, 15) is 9.59 Å². The van der Waals surface area contributed by atoms with Gasteiger partial charge in [-0.3, -0.25) is 9.59 Å². The lowest BCUT2D eigenvalue weighted by Crippen LogP contribution is -2.05. The number of carbonyl (C=O) groups is 2. The van der Waals surface area contributed by atoms with Gasteiger partial charge in [0, 0.05) is 30.7 Å². The van der Waals surface area contributed by atoms with Crippen molar-refractivity contribution in [3.8, 4) is 0 Å². The average Bonchev–Trinajstić information content (AvgIpc) is 3.26. The van der Waals surface area contributed by atoms with Gasteiger partial charge in [0.2, 0.25) is 0 Å². The molecule has 0 radical (unpaired) electrons. The van der Waals surface area contributed by atoms with E-state index in [1.54, 1.807) is 6.08 Å². The van der Waals surface area contributed by atoms with Crippen molar-refractivity contribution in [2.24, 2.45) is 0 Å². The molecule has 0 aliphatic heterocycles. The van der Waals surface area contributed by atoms with E-state index in [1.165, 1.54) is 96.3 Å². The molecule has 0 unspecified atom stereocenters. The lowest BCUT2D eigenvalue weighted by molar-refractivity contribution is -0.144. The second-order valence-corrected chi connectivity index (χ2v) is 11.9. The number of esters is 2.